The van der Waals surface area contributed by atoms with Crippen LogP contribution in [0.1, 0.15) is 16.1 Å². The molecular weight excluding hydrogens is 456 g/mol. The zero-order chi connectivity index (χ0) is 19.6. The minimum absolute atomic E-state index is 0.0425. The Morgan fingerprint density at radius 2 is 1.85 bits per heavy atom. The predicted molar refractivity (Wildman–Crippen MR) is 108 cm³/mol. The summed E-state index contributed by atoms with van der Waals surface area (Å²) in [5.41, 5.74) is 1.20. The molecule has 9 heteroatoms. The second-order valence-electron chi connectivity index (χ2n) is 5.65. The van der Waals surface area contributed by atoms with Gasteiger partial charge in [0.2, 0.25) is 0 Å². The first kappa shape index (κ1) is 19.5. The van der Waals surface area contributed by atoms with Crippen LogP contribution in [0.2, 0.25) is 5.02 Å². The number of benzene rings is 2. The Labute approximate surface area is 169 Å². The van der Waals surface area contributed by atoms with Gasteiger partial charge >= 0.3 is 0 Å². The number of anilines is 2. The van der Waals surface area contributed by atoms with E-state index in [4.69, 9.17) is 16.0 Å². The van der Waals surface area contributed by atoms with Crippen LogP contribution in [0.3, 0.4) is 0 Å². The smallest absolute Gasteiger partial charge is 0.291 e. The molecule has 1 aromatic heterocycles. The summed E-state index contributed by atoms with van der Waals surface area (Å²) in [6, 6.07) is 14.1. The van der Waals surface area contributed by atoms with Crippen LogP contribution < -0.4 is 10.0 Å². The summed E-state index contributed by atoms with van der Waals surface area (Å²) in [6.07, 6.45) is 0. The van der Waals surface area contributed by atoms with E-state index in [1.807, 2.05) is 0 Å². The molecule has 140 valence electrons. The van der Waals surface area contributed by atoms with Crippen molar-refractivity contribution in [2.45, 2.75) is 11.8 Å². The lowest BCUT2D eigenvalue weighted by molar-refractivity contribution is 0.0995. The van der Waals surface area contributed by atoms with Crippen LogP contribution in [0.25, 0.3) is 0 Å². The van der Waals surface area contributed by atoms with Gasteiger partial charge in [0.05, 0.1) is 10.6 Å². The van der Waals surface area contributed by atoms with Crippen LogP contribution in [0, 0.1) is 6.92 Å². The number of carbonyl (C=O) groups is 1. The first-order chi connectivity index (χ1) is 12.7. The minimum atomic E-state index is -3.87. The zero-order valence-corrected chi connectivity index (χ0v) is 17.2. The molecule has 0 spiro atoms. The second kappa shape index (κ2) is 7.75. The number of rotatable bonds is 5. The predicted octanol–water partition coefficient (Wildman–Crippen LogP) is 5.06. The normalized spacial score (nSPS) is 11.2. The SMILES string of the molecule is Cc1ccc(NC(=O)c2ccc(Br)o2)cc1S(=O)(=O)Nc1cccc(Cl)c1. The lowest BCUT2D eigenvalue weighted by Crippen LogP contribution is -2.16. The molecule has 0 saturated carbocycles. The fourth-order valence-corrected chi connectivity index (χ4v) is 4.18. The quantitative estimate of drug-likeness (QED) is 0.547. The molecule has 2 aromatic carbocycles. The Hall–Kier alpha value is -2.29. The van der Waals surface area contributed by atoms with Crippen molar-refractivity contribution in [2.75, 3.05) is 10.0 Å². The standard InChI is InChI=1S/C18H14BrClN2O4S/c1-11-5-6-13(21-18(23)15-7-8-17(19)26-15)10-16(11)27(24,25)22-14-4-2-3-12(20)9-14/h2-10,22H,1H3,(H,21,23). The maximum atomic E-state index is 12.8. The van der Waals surface area contributed by atoms with E-state index in [9.17, 15) is 13.2 Å². The van der Waals surface area contributed by atoms with Crippen molar-refractivity contribution < 1.29 is 17.6 Å². The van der Waals surface area contributed by atoms with E-state index < -0.39 is 15.9 Å². The van der Waals surface area contributed by atoms with Gasteiger partial charge in [0, 0.05) is 10.7 Å². The maximum Gasteiger partial charge on any atom is 0.291 e. The summed E-state index contributed by atoms with van der Waals surface area (Å²) in [5.74, 6) is -0.389. The van der Waals surface area contributed by atoms with Crippen LogP contribution in [-0.4, -0.2) is 14.3 Å². The number of aryl methyl sites for hydroxylation is 1. The first-order valence-corrected chi connectivity index (χ1v) is 10.4. The van der Waals surface area contributed by atoms with Crippen LogP contribution >= 0.6 is 27.5 Å². The highest BCUT2D eigenvalue weighted by molar-refractivity contribution is 9.10. The Balaban J connectivity index is 1.87. The van der Waals surface area contributed by atoms with E-state index in [1.54, 1.807) is 43.3 Å². The summed E-state index contributed by atoms with van der Waals surface area (Å²) in [7, 11) is -3.87. The van der Waals surface area contributed by atoms with E-state index in [0.717, 1.165) is 0 Å². The molecule has 0 aliphatic heterocycles. The molecule has 6 nitrogen and oxygen atoms in total. The molecule has 1 heterocycles. The highest BCUT2D eigenvalue weighted by Crippen LogP contribution is 2.25. The van der Waals surface area contributed by atoms with Gasteiger partial charge in [0.1, 0.15) is 0 Å². The molecule has 0 radical (unpaired) electrons. The fourth-order valence-electron chi connectivity index (χ4n) is 2.36. The van der Waals surface area contributed by atoms with Gasteiger partial charge in [0.15, 0.2) is 10.4 Å². The average Bonchev–Trinajstić information content (AvgIpc) is 3.02. The number of hydrogen-bond acceptors (Lipinski definition) is 4. The van der Waals surface area contributed by atoms with E-state index >= 15 is 0 Å². The highest BCUT2D eigenvalue weighted by Gasteiger charge is 2.19. The van der Waals surface area contributed by atoms with Gasteiger partial charge in [0.25, 0.3) is 15.9 Å². The highest BCUT2D eigenvalue weighted by atomic mass is 79.9. The van der Waals surface area contributed by atoms with Gasteiger partial charge < -0.3 is 9.73 Å². The van der Waals surface area contributed by atoms with E-state index in [2.05, 4.69) is 26.0 Å². The lowest BCUT2D eigenvalue weighted by Gasteiger charge is -2.12. The lowest BCUT2D eigenvalue weighted by atomic mass is 10.2. The number of amides is 1. The number of hydrogen-bond donors (Lipinski definition) is 2. The maximum absolute atomic E-state index is 12.8. The third-order valence-corrected chi connectivity index (χ3v) is 5.79. The van der Waals surface area contributed by atoms with Crippen molar-refractivity contribution in [1.29, 1.82) is 0 Å². The number of furan rings is 1. The van der Waals surface area contributed by atoms with Crippen molar-refractivity contribution in [3.8, 4) is 0 Å². The molecule has 3 aromatic rings. The third-order valence-electron chi connectivity index (χ3n) is 3.61. The van der Waals surface area contributed by atoms with E-state index in [-0.39, 0.29) is 10.7 Å². The molecule has 0 fully saturated rings. The Kier molecular flexibility index (Phi) is 5.59. The van der Waals surface area contributed by atoms with Crippen molar-refractivity contribution in [3.05, 3.63) is 75.6 Å². The van der Waals surface area contributed by atoms with Crippen molar-refractivity contribution in [3.63, 3.8) is 0 Å². The Morgan fingerprint density at radius 3 is 2.52 bits per heavy atom. The number of halogens is 2. The molecule has 0 bridgehead atoms. The summed E-state index contributed by atoms with van der Waals surface area (Å²) in [5, 5.41) is 3.03. The van der Waals surface area contributed by atoms with Crippen LogP contribution in [-0.2, 0) is 10.0 Å². The molecule has 0 aliphatic rings. The van der Waals surface area contributed by atoms with Gasteiger partial charge in [-0.2, -0.15) is 0 Å². The van der Waals surface area contributed by atoms with Gasteiger partial charge in [-0.3, -0.25) is 9.52 Å². The monoisotopic (exact) mass is 468 g/mol. The molecule has 3 rings (SSSR count). The summed E-state index contributed by atoms with van der Waals surface area (Å²) < 4.78 is 33.6. The van der Waals surface area contributed by atoms with Crippen molar-refractivity contribution in [2.24, 2.45) is 0 Å². The molecule has 0 aliphatic carbocycles. The molecule has 2 N–H and O–H groups in total. The summed E-state index contributed by atoms with van der Waals surface area (Å²) in [4.78, 5) is 12.2. The van der Waals surface area contributed by atoms with Crippen LogP contribution in [0.4, 0.5) is 11.4 Å². The summed E-state index contributed by atoms with van der Waals surface area (Å²) >= 11 is 9.02. The van der Waals surface area contributed by atoms with Crippen LogP contribution in [0.15, 0.2) is 68.6 Å². The number of sulfonamides is 1. The third kappa shape index (κ3) is 4.71. The van der Waals surface area contributed by atoms with Gasteiger partial charge in [-0.05, 0) is 70.9 Å². The molecule has 1 amide bonds. The molecule has 27 heavy (non-hydrogen) atoms. The Bertz CT molecular complexity index is 1110. The zero-order valence-electron chi connectivity index (χ0n) is 14.0. The molecule has 0 atom stereocenters. The van der Waals surface area contributed by atoms with Gasteiger partial charge in [-0.1, -0.05) is 23.7 Å². The van der Waals surface area contributed by atoms with Gasteiger partial charge in [-0.25, -0.2) is 8.42 Å². The molecular formula is C18H14BrClN2O4S. The number of nitrogens with one attached hydrogen (secondary N) is 2. The van der Waals surface area contributed by atoms with Crippen molar-refractivity contribution in [1.82, 2.24) is 0 Å². The first-order valence-electron chi connectivity index (χ1n) is 7.70. The minimum Gasteiger partial charge on any atom is -0.444 e. The van der Waals surface area contributed by atoms with Gasteiger partial charge in [-0.15, -0.1) is 0 Å². The Morgan fingerprint density at radius 1 is 1.07 bits per heavy atom. The van der Waals surface area contributed by atoms with E-state index in [0.29, 0.717) is 26.6 Å². The molecule has 0 unspecified atom stereocenters. The fraction of sp³-hybridized carbons (Fsp3) is 0.0556. The summed E-state index contributed by atoms with van der Waals surface area (Å²) in [6.45, 7) is 1.67. The van der Waals surface area contributed by atoms with Crippen LogP contribution in [0.5, 0.6) is 0 Å². The van der Waals surface area contributed by atoms with E-state index in [1.165, 1.54) is 18.2 Å². The molecule has 0 saturated heterocycles. The largest absolute Gasteiger partial charge is 0.444 e. The number of carbonyl (C=O) groups excluding carboxylic acids is 1. The van der Waals surface area contributed by atoms with Crippen molar-refractivity contribution >= 4 is 54.8 Å². The average molecular weight is 470 g/mol. The topological polar surface area (TPSA) is 88.4 Å². The second-order valence-corrected chi connectivity index (χ2v) is 8.52.